The van der Waals surface area contributed by atoms with Crippen molar-refractivity contribution in [2.75, 3.05) is 26.2 Å². The summed E-state index contributed by atoms with van der Waals surface area (Å²) in [7, 11) is 1.93. The van der Waals surface area contributed by atoms with Crippen molar-refractivity contribution in [3.05, 3.63) is 18.0 Å². The summed E-state index contributed by atoms with van der Waals surface area (Å²) < 4.78 is 8.06. The van der Waals surface area contributed by atoms with Crippen LogP contribution in [0, 0.1) is 5.92 Å². The Balaban J connectivity index is 1.32. The molecule has 0 radical (unpaired) electrons. The summed E-state index contributed by atoms with van der Waals surface area (Å²) in [4.78, 5) is 15.1. The van der Waals surface area contributed by atoms with Gasteiger partial charge in [0.25, 0.3) is 0 Å². The quantitative estimate of drug-likeness (QED) is 0.901. The third-order valence-corrected chi connectivity index (χ3v) is 6.13. The van der Waals surface area contributed by atoms with Crippen LogP contribution < -0.4 is 5.32 Å². The molecule has 1 saturated carbocycles. The fraction of sp³-hybridized carbons (Fsp3) is 0.789. The van der Waals surface area contributed by atoms with E-state index in [0.717, 1.165) is 39.0 Å². The molecule has 2 atom stereocenters. The van der Waals surface area contributed by atoms with E-state index in [0.29, 0.717) is 18.1 Å². The minimum atomic E-state index is 0.0384. The van der Waals surface area contributed by atoms with Gasteiger partial charge in [-0.25, -0.2) is 0 Å². The number of hydrogen-bond donors (Lipinski definition) is 1. The van der Waals surface area contributed by atoms with E-state index in [-0.39, 0.29) is 11.8 Å². The second-order valence-corrected chi connectivity index (χ2v) is 7.89. The molecule has 1 aromatic heterocycles. The van der Waals surface area contributed by atoms with Crippen LogP contribution in [-0.4, -0.2) is 59.0 Å². The SMILES string of the molecule is Cn1cc([C@H]2CNC[C@@H]2C(=O)N2CCC(OC3CCCC3)CC2)cn1. The Labute approximate surface area is 149 Å². The normalized spacial score (nSPS) is 28.8. The van der Waals surface area contributed by atoms with E-state index in [2.05, 4.69) is 15.3 Å². The summed E-state index contributed by atoms with van der Waals surface area (Å²) in [5.74, 6) is 0.586. The lowest BCUT2D eigenvalue weighted by Crippen LogP contribution is -2.45. The average molecular weight is 346 g/mol. The van der Waals surface area contributed by atoms with E-state index in [1.165, 1.54) is 31.2 Å². The average Bonchev–Trinajstić information content (AvgIpc) is 3.36. The van der Waals surface area contributed by atoms with Gasteiger partial charge in [-0.05, 0) is 31.2 Å². The van der Waals surface area contributed by atoms with Crippen molar-refractivity contribution in [1.82, 2.24) is 20.0 Å². The number of carbonyl (C=O) groups is 1. The molecule has 1 aliphatic carbocycles. The van der Waals surface area contributed by atoms with Gasteiger partial charge in [0, 0.05) is 45.3 Å². The van der Waals surface area contributed by atoms with Gasteiger partial charge >= 0.3 is 0 Å². The second-order valence-electron chi connectivity index (χ2n) is 7.89. The number of ether oxygens (including phenoxy) is 1. The van der Waals surface area contributed by atoms with Crippen LogP contribution in [0.25, 0.3) is 0 Å². The molecule has 25 heavy (non-hydrogen) atoms. The first-order valence-electron chi connectivity index (χ1n) is 9.84. The molecule has 6 heteroatoms. The van der Waals surface area contributed by atoms with Crippen molar-refractivity contribution in [2.45, 2.75) is 56.7 Å². The number of amides is 1. The molecule has 3 aliphatic rings. The van der Waals surface area contributed by atoms with Gasteiger partial charge in [-0.15, -0.1) is 0 Å². The zero-order chi connectivity index (χ0) is 17.2. The van der Waals surface area contributed by atoms with Crippen LogP contribution in [0.1, 0.15) is 50.0 Å². The summed E-state index contributed by atoms with van der Waals surface area (Å²) in [5, 5.41) is 7.67. The van der Waals surface area contributed by atoms with E-state index in [4.69, 9.17) is 4.74 Å². The highest BCUT2D eigenvalue weighted by Gasteiger charge is 2.38. The Kier molecular flexibility index (Phi) is 5.08. The topological polar surface area (TPSA) is 59.4 Å². The maximum atomic E-state index is 13.1. The molecule has 138 valence electrons. The molecule has 0 bridgehead atoms. The molecule has 3 heterocycles. The lowest BCUT2D eigenvalue weighted by molar-refractivity contribution is -0.138. The van der Waals surface area contributed by atoms with Gasteiger partial charge < -0.3 is 15.0 Å². The van der Waals surface area contributed by atoms with Gasteiger partial charge in [-0.1, -0.05) is 12.8 Å². The van der Waals surface area contributed by atoms with Gasteiger partial charge in [0.15, 0.2) is 0 Å². The monoisotopic (exact) mass is 346 g/mol. The molecular weight excluding hydrogens is 316 g/mol. The molecule has 2 saturated heterocycles. The summed E-state index contributed by atoms with van der Waals surface area (Å²) in [6.45, 7) is 3.32. The number of nitrogens with one attached hydrogen (secondary N) is 1. The number of carbonyl (C=O) groups excluding carboxylic acids is 1. The number of likely N-dealkylation sites (tertiary alicyclic amines) is 1. The highest BCUT2D eigenvalue weighted by Crippen LogP contribution is 2.31. The van der Waals surface area contributed by atoms with Crippen LogP contribution in [-0.2, 0) is 16.6 Å². The lowest BCUT2D eigenvalue weighted by atomic mass is 9.89. The molecule has 3 fully saturated rings. The minimum Gasteiger partial charge on any atom is -0.375 e. The fourth-order valence-corrected chi connectivity index (χ4v) is 4.66. The Hall–Kier alpha value is -1.40. The van der Waals surface area contributed by atoms with Gasteiger partial charge in [0.1, 0.15) is 0 Å². The molecule has 1 amide bonds. The summed E-state index contributed by atoms with van der Waals surface area (Å²) >= 11 is 0. The van der Waals surface area contributed by atoms with Crippen molar-refractivity contribution in [1.29, 1.82) is 0 Å². The van der Waals surface area contributed by atoms with Crippen LogP contribution >= 0.6 is 0 Å². The zero-order valence-corrected chi connectivity index (χ0v) is 15.2. The minimum absolute atomic E-state index is 0.0384. The Morgan fingerprint density at radius 1 is 1.16 bits per heavy atom. The number of aryl methyl sites for hydroxylation is 1. The summed E-state index contributed by atoms with van der Waals surface area (Å²) in [5.41, 5.74) is 1.17. The maximum Gasteiger partial charge on any atom is 0.227 e. The number of rotatable bonds is 4. The van der Waals surface area contributed by atoms with Gasteiger partial charge in [-0.2, -0.15) is 5.10 Å². The van der Waals surface area contributed by atoms with Crippen LogP contribution in [0.5, 0.6) is 0 Å². The van der Waals surface area contributed by atoms with Crippen molar-refractivity contribution >= 4 is 5.91 Å². The van der Waals surface area contributed by atoms with Crippen LogP contribution in [0.15, 0.2) is 12.4 Å². The molecule has 6 nitrogen and oxygen atoms in total. The standard InChI is InChI=1S/C19H30N4O2/c1-22-13-14(10-21-22)17-11-20-12-18(17)19(24)23-8-6-16(7-9-23)25-15-4-2-3-5-15/h10,13,15-18,20H,2-9,11-12H2,1H3/t17-,18+/m1/s1. The van der Waals surface area contributed by atoms with Crippen molar-refractivity contribution < 1.29 is 9.53 Å². The smallest absolute Gasteiger partial charge is 0.227 e. The molecule has 2 aliphatic heterocycles. The first kappa shape index (κ1) is 17.0. The number of hydrogen-bond acceptors (Lipinski definition) is 4. The molecule has 0 spiro atoms. The van der Waals surface area contributed by atoms with Crippen molar-refractivity contribution in [3.63, 3.8) is 0 Å². The Bertz CT molecular complexity index is 588. The van der Waals surface area contributed by atoms with Crippen LogP contribution in [0.2, 0.25) is 0 Å². The Morgan fingerprint density at radius 3 is 2.56 bits per heavy atom. The number of aromatic nitrogens is 2. The molecule has 1 N–H and O–H groups in total. The van der Waals surface area contributed by atoms with E-state index in [9.17, 15) is 4.79 Å². The fourth-order valence-electron chi connectivity index (χ4n) is 4.66. The van der Waals surface area contributed by atoms with Gasteiger partial charge in [0.05, 0.1) is 24.3 Å². The first-order valence-corrected chi connectivity index (χ1v) is 9.84. The van der Waals surface area contributed by atoms with Gasteiger partial charge in [0.2, 0.25) is 5.91 Å². The van der Waals surface area contributed by atoms with E-state index < -0.39 is 0 Å². The largest absolute Gasteiger partial charge is 0.375 e. The summed E-state index contributed by atoms with van der Waals surface area (Å²) in [6.07, 6.45) is 11.8. The zero-order valence-electron chi connectivity index (χ0n) is 15.2. The van der Waals surface area contributed by atoms with Gasteiger partial charge in [-0.3, -0.25) is 9.48 Å². The van der Waals surface area contributed by atoms with Crippen molar-refractivity contribution in [2.24, 2.45) is 13.0 Å². The highest BCUT2D eigenvalue weighted by atomic mass is 16.5. The van der Waals surface area contributed by atoms with E-state index >= 15 is 0 Å². The lowest BCUT2D eigenvalue weighted by Gasteiger charge is -2.35. The highest BCUT2D eigenvalue weighted by molar-refractivity contribution is 5.80. The number of piperidine rings is 1. The number of nitrogens with zero attached hydrogens (tertiary/aromatic N) is 3. The first-order chi connectivity index (χ1) is 12.2. The maximum absolute atomic E-state index is 13.1. The summed E-state index contributed by atoms with van der Waals surface area (Å²) in [6, 6.07) is 0. The van der Waals surface area contributed by atoms with E-state index in [1.54, 1.807) is 0 Å². The van der Waals surface area contributed by atoms with Crippen LogP contribution in [0.4, 0.5) is 0 Å². The molecule has 4 rings (SSSR count). The predicted octanol–water partition coefficient (Wildman–Crippen LogP) is 1.67. The molecule has 0 unspecified atom stereocenters. The third kappa shape index (κ3) is 3.75. The Morgan fingerprint density at radius 2 is 1.88 bits per heavy atom. The second kappa shape index (κ2) is 7.46. The molecule has 1 aromatic rings. The molecule has 0 aromatic carbocycles. The molecular formula is C19H30N4O2. The third-order valence-electron chi connectivity index (χ3n) is 6.13. The van der Waals surface area contributed by atoms with E-state index in [1.807, 2.05) is 24.1 Å². The van der Waals surface area contributed by atoms with Crippen LogP contribution in [0.3, 0.4) is 0 Å². The van der Waals surface area contributed by atoms with Crippen molar-refractivity contribution in [3.8, 4) is 0 Å². The predicted molar refractivity (Wildman–Crippen MR) is 95.3 cm³/mol.